The van der Waals surface area contributed by atoms with Crippen molar-refractivity contribution >= 4 is 5.78 Å². The molecular formula is C15H11F3O2. The summed E-state index contributed by atoms with van der Waals surface area (Å²) >= 11 is 0. The first-order valence-corrected chi connectivity index (χ1v) is 5.84. The molecule has 5 heteroatoms. The summed E-state index contributed by atoms with van der Waals surface area (Å²) < 4.78 is 44.0. The molecule has 2 aromatic rings. The third kappa shape index (κ3) is 3.17. The summed E-state index contributed by atoms with van der Waals surface area (Å²) in [5, 5.41) is 0. The molecule has 0 aromatic heterocycles. The molecule has 0 aliphatic carbocycles. The molecule has 2 nitrogen and oxygen atoms in total. The molecule has 20 heavy (non-hydrogen) atoms. The zero-order valence-corrected chi connectivity index (χ0v) is 10.6. The molecule has 0 heterocycles. The topological polar surface area (TPSA) is 26.3 Å². The van der Waals surface area contributed by atoms with E-state index < -0.39 is 17.4 Å². The highest BCUT2D eigenvalue weighted by molar-refractivity contribution is 5.97. The maximum atomic E-state index is 13.0. The third-order valence-corrected chi connectivity index (χ3v) is 2.74. The number of hydrogen-bond donors (Lipinski definition) is 0. The fourth-order valence-corrected chi connectivity index (χ4v) is 1.61. The molecule has 2 aromatic carbocycles. The quantitative estimate of drug-likeness (QED) is 0.799. The molecule has 0 fully saturated rings. The molecule has 0 unspecified atom stereocenters. The minimum Gasteiger partial charge on any atom is -0.485 e. The Balaban J connectivity index is 2.04. The Kier molecular flexibility index (Phi) is 4.08. The molecule has 0 amide bonds. The standard InChI is InChI=1S/C15H11F3O2/c1-9-6-11(3-5-12(9)16)20-8-15(19)10-2-4-13(17)14(18)7-10/h2-7H,8H2,1H3. The van der Waals surface area contributed by atoms with Crippen LogP contribution in [-0.2, 0) is 0 Å². The van der Waals surface area contributed by atoms with Gasteiger partial charge in [-0.25, -0.2) is 13.2 Å². The predicted octanol–water partition coefficient (Wildman–Crippen LogP) is 3.67. The molecule has 0 radical (unpaired) electrons. The van der Waals surface area contributed by atoms with Gasteiger partial charge < -0.3 is 4.74 Å². The lowest BCUT2D eigenvalue weighted by Crippen LogP contribution is -2.12. The zero-order valence-electron chi connectivity index (χ0n) is 10.6. The second kappa shape index (κ2) is 5.77. The number of carbonyl (C=O) groups excluding carboxylic acids is 1. The van der Waals surface area contributed by atoms with E-state index in [-0.39, 0.29) is 18.0 Å². The van der Waals surface area contributed by atoms with Crippen LogP contribution in [0.25, 0.3) is 0 Å². The minimum absolute atomic E-state index is 0.0164. The Morgan fingerprint density at radius 3 is 2.35 bits per heavy atom. The lowest BCUT2D eigenvalue weighted by atomic mass is 10.1. The molecule has 2 rings (SSSR count). The minimum atomic E-state index is -1.09. The van der Waals surface area contributed by atoms with E-state index in [0.717, 1.165) is 12.1 Å². The Hall–Kier alpha value is -2.30. The lowest BCUT2D eigenvalue weighted by molar-refractivity contribution is 0.0921. The van der Waals surface area contributed by atoms with Gasteiger partial charge in [0.05, 0.1) is 0 Å². The zero-order chi connectivity index (χ0) is 14.7. The van der Waals surface area contributed by atoms with Gasteiger partial charge in [0.1, 0.15) is 11.6 Å². The Morgan fingerprint density at radius 2 is 1.70 bits per heavy atom. The van der Waals surface area contributed by atoms with Gasteiger partial charge in [-0.2, -0.15) is 0 Å². The highest BCUT2D eigenvalue weighted by atomic mass is 19.2. The third-order valence-electron chi connectivity index (χ3n) is 2.74. The van der Waals surface area contributed by atoms with Crippen molar-refractivity contribution < 1.29 is 22.7 Å². The molecule has 0 bridgehead atoms. The lowest BCUT2D eigenvalue weighted by Gasteiger charge is -2.07. The number of ketones is 1. The number of carbonyl (C=O) groups is 1. The summed E-state index contributed by atoms with van der Waals surface area (Å²) in [6.45, 7) is 1.23. The molecular weight excluding hydrogens is 269 g/mol. The van der Waals surface area contributed by atoms with E-state index in [9.17, 15) is 18.0 Å². The average Bonchev–Trinajstić information content (AvgIpc) is 2.43. The summed E-state index contributed by atoms with van der Waals surface area (Å²) in [5.41, 5.74) is 0.408. The smallest absolute Gasteiger partial charge is 0.200 e. The number of Topliss-reactive ketones (excluding diaryl/α,β-unsaturated/α-hetero) is 1. The van der Waals surface area contributed by atoms with Crippen LogP contribution in [0, 0.1) is 24.4 Å². The Labute approximate surface area is 113 Å². The van der Waals surface area contributed by atoms with Gasteiger partial charge in [0.25, 0.3) is 0 Å². The van der Waals surface area contributed by atoms with Gasteiger partial charge in [-0.05, 0) is 48.9 Å². The Bertz CT molecular complexity index is 654. The first kappa shape index (κ1) is 14.1. The van der Waals surface area contributed by atoms with E-state index in [1.165, 1.54) is 24.3 Å². The maximum Gasteiger partial charge on any atom is 0.200 e. The Morgan fingerprint density at radius 1 is 1.00 bits per heavy atom. The monoisotopic (exact) mass is 280 g/mol. The van der Waals surface area contributed by atoms with Crippen molar-refractivity contribution in [1.29, 1.82) is 0 Å². The van der Waals surface area contributed by atoms with E-state index in [2.05, 4.69) is 0 Å². The number of aryl methyl sites for hydroxylation is 1. The van der Waals surface area contributed by atoms with E-state index in [0.29, 0.717) is 11.3 Å². The van der Waals surface area contributed by atoms with Crippen LogP contribution in [0.5, 0.6) is 5.75 Å². The van der Waals surface area contributed by atoms with Crippen LogP contribution in [0.15, 0.2) is 36.4 Å². The average molecular weight is 280 g/mol. The van der Waals surface area contributed by atoms with Crippen molar-refractivity contribution in [2.45, 2.75) is 6.92 Å². The van der Waals surface area contributed by atoms with Crippen LogP contribution >= 0.6 is 0 Å². The molecule has 0 aliphatic rings. The maximum absolute atomic E-state index is 13.0. The van der Waals surface area contributed by atoms with Gasteiger partial charge >= 0.3 is 0 Å². The van der Waals surface area contributed by atoms with Gasteiger partial charge in [-0.15, -0.1) is 0 Å². The van der Waals surface area contributed by atoms with Gasteiger partial charge in [-0.3, -0.25) is 4.79 Å². The summed E-state index contributed by atoms with van der Waals surface area (Å²) in [4.78, 5) is 11.7. The van der Waals surface area contributed by atoms with Crippen molar-refractivity contribution in [2.75, 3.05) is 6.61 Å². The number of halogens is 3. The number of benzene rings is 2. The molecule has 0 N–H and O–H groups in total. The van der Waals surface area contributed by atoms with Crippen molar-refractivity contribution in [3.05, 3.63) is 65.0 Å². The molecule has 0 saturated heterocycles. The van der Waals surface area contributed by atoms with E-state index in [4.69, 9.17) is 4.74 Å². The fraction of sp³-hybridized carbons (Fsp3) is 0.133. The number of ether oxygens (including phenoxy) is 1. The van der Waals surface area contributed by atoms with E-state index in [1.807, 2.05) is 0 Å². The van der Waals surface area contributed by atoms with Crippen LogP contribution in [0.1, 0.15) is 15.9 Å². The van der Waals surface area contributed by atoms with Gasteiger partial charge in [0, 0.05) is 5.56 Å². The summed E-state index contributed by atoms with van der Waals surface area (Å²) in [7, 11) is 0. The summed E-state index contributed by atoms with van der Waals surface area (Å²) in [6.07, 6.45) is 0. The highest BCUT2D eigenvalue weighted by Gasteiger charge is 2.11. The normalized spacial score (nSPS) is 10.4. The van der Waals surface area contributed by atoms with Crippen molar-refractivity contribution in [3.8, 4) is 5.75 Å². The molecule has 0 aliphatic heterocycles. The second-order valence-corrected chi connectivity index (χ2v) is 4.25. The van der Waals surface area contributed by atoms with Crippen molar-refractivity contribution in [3.63, 3.8) is 0 Å². The second-order valence-electron chi connectivity index (χ2n) is 4.25. The molecule has 0 saturated carbocycles. The largest absolute Gasteiger partial charge is 0.485 e. The molecule has 104 valence electrons. The predicted molar refractivity (Wildman–Crippen MR) is 67.3 cm³/mol. The van der Waals surface area contributed by atoms with Gasteiger partial charge in [0.15, 0.2) is 24.0 Å². The summed E-state index contributed by atoms with van der Waals surface area (Å²) in [5.74, 6) is -2.64. The fourth-order valence-electron chi connectivity index (χ4n) is 1.61. The van der Waals surface area contributed by atoms with Crippen LogP contribution in [0.2, 0.25) is 0 Å². The van der Waals surface area contributed by atoms with Crippen LogP contribution in [0.3, 0.4) is 0 Å². The SMILES string of the molecule is Cc1cc(OCC(=O)c2ccc(F)c(F)c2)ccc1F. The van der Waals surface area contributed by atoms with E-state index in [1.54, 1.807) is 6.92 Å². The van der Waals surface area contributed by atoms with Crippen LogP contribution in [0.4, 0.5) is 13.2 Å². The van der Waals surface area contributed by atoms with Crippen LogP contribution in [-0.4, -0.2) is 12.4 Å². The highest BCUT2D eigenvalue weighted by Crippen LogP contribution is 2.16. The first-order valence-electron chi connectivity index (χ1n) is 5.84. The van der Waals surface area contributed by atoms with Gasteiger partial charge in [-0.1, -0.05) is 0 Å². The number of rotatable bonds is 4. The number of hydrogen-bond acceptors (Lipinski definition) is 2. The molecule has 0 atom stereocenters. The first-order chi connectivity index (χ1) is 9.47. The molecule has 0 spiro atoms. The van der Waals surface area contributed by atoms with Crippen molar-refractivity contribution in [1.82, 2.24) is 0 Å². The van der Waals surface area contributed by atoms with Gasteiger partial charge in [0.2, 0.25) is 0 Å². The van der Waals surface area contributed by atoms with E-state index >= 15 is 0 Å². The van der Waals surface area contributed by atoms with Crippen LogP contribution < -0.4 is 4.74 Å². The van der Waals surface area contributed by atoms with Crippen molar-refractivity contribution in [2.24, 2.45) is 0 Å². The summed E-state index contributed by atoms with van der Waals surface area (Å²) in [6, 6.07) is 6.95.